The van der Waals surface area contributed by atoms with Gasteiger partial charge in [-0.05, 0) is 23.8 Å². The van der Waals surface area contributed by atoms with Gasteiger partial charge in [0, 0.05) is 49.4 Å². The van der Waals surface area contributed by atoms with E-state index < -0.39 is 5.41 Å². The molecule has 0 spiro atoms. The van der Waals surface area contributed by atoms with E-state index in [9.17, 15) is 0 Å². The number of hydrogen-bond donors (Lipinski definition) is 2. The highest BCUT2D eigenvalue weighted by Crippen LogP contribution is 2.46. The standard InChI is InChI=1S/C47H32N8O/c1-47(2,27-15-5-3-6-16-27)36-26-25-35-37(38(36)56-28-17-7-4-8-18-28)46-54-44-34-24-14-13-23-33(34)42(52-44)50-40-30-20-10-9-19-29(30)39(48-40)49-41-31-21-11-12-22-32(31)43(51-41)53-45(35)55-46/h3-26H,1-2H3,(H2,48,49,50,51,52,53,54,55). The van der Waals surface area contributed by atoms with Gasteiger partial charge in [-0.2, -0.15) is 0 Å². The summed E-state index contributed by atoms with van der Waals surface area (Å²) in [5, 5.41) is 3.47. The summed E-state index contributed by atoms with van der Waals surface area (Å²) in [5.41, 5.74) is 7.69. The Morgan fingerprint density at radius 1 is 0.411 bits per heavy atom. The molecule has 56 heavy (non-hydrogen) atoms. The summed E-state index contributed by atoms with van der Waals surface area (Å²) in [5.74, 6) is 3.57. The number of aromatic amines is 2. The Bertz CT molecular complexity index is 3200. The van der Waals surface area contributed by atoms with Gasteiger partial charge in [0.1, 0.15) is 34.1 Å². The van der Waals surface area contributed by atoms with Gasteiger partial charge >= 0.3 is 0 Å². The number of rotatable bonds is 4. The molecule has 0 radical (unpaired) electrons. The summed E-state index contributed by atoms with van der Waals surface area (Å²) in [7, 11) is 0. The molecule has 8 bridgehead atoms. The Morgan fingerprint density at radius 3 is 1.38 bits per heavy atom. The van der Waals surface area contributed by atoms with Crippen molar-refractivity contribution < 1.29 is 4.74 Å². The molecule has 11 rings (SSSR count). The molecule has 2 N–H and O–H groups in total. The maximum absolute atomic E-state index is 6.96. The first-order valence-electron chi connectivity index (χ1n) is 18.6. The van der Waals surface area contributed by atoms with Crippen LogP contribution in [0.25, 0.3) is 89.7 Å². The van der Waals surface area contributed by atoms with Crippen molar-refractivity contribution in [3.8, 4) is 57.1 Å². The van der Waals surface area contributed by atoms with E-state index in [0.717, 1.165) is 54.9 Å². The molecule has 0 unspecified atom stereocenters. The minimum atomic E-state index is -0.449. The average molecular weight is 725 g/mol. The molecule has 0 saturated heterocycles. The van der Waals surface area contributed by atoms with Crippen molar-refractivity contribution in [3.63, 3.8) is 0 Å². The number of H-pyrrole nitrogens is 2. The smallest absolute Gasteiger partial charge is 0.164 e. The Kier molecular flexibility index (Phi) is 6.99. The van der Waals surface area contributed by atoms with Crippen LogP contribution in [-0.2, 0) is 5.41 Å². The van der Waals surface area contributed by atoms with Crippen molar-refractivity contribution in [2.24, 2.45) is 0 Å². The molecule has 9 aromatic rings. The summed E-state index contributed by atoms with van der Waals surface area (Å²) in [6.07, 6.45) is 0. The lowest BCUT2D eigenvalue weighted by atomic mass is 9.77. The van der Waals surface area contributed by atoms with Crippen LogP contribution in [0.3, 0.4) is 0 Å². The van der Waals surface area contributed by atoms with Crippen molar-refractivity contribution in [2.45, 2.75) is 19.3 Å². The van der Waals surface area contributed by atoms with E-state index in [-0.39, 0.29) is 0 Å². The third-order valence-electron chi connectivity index (χ3n) is 10.8. The first-order valence-corrected chi connectivity index (χ1v) is 18.6. The Labute approximate surface area is 320 Å². The van der Waals surface area contributed by atoms with Crippen LogP contribution < -0.4 is 4.74 Å². The van der Waals surface area contributed by atoms with Crippen LogP contribution in [0.4, 0.5) is 0 Å². The quantitative estimate of drug-likeness (QED) is 0.185. The number of hydrogen-bond acceptors (Lipinski definition) is 7. The highest BCUT2D eigenvalue weighted by Gasteiger charge is 2.30. The van der Waals surface area contributed by atoms with E-state index in [1.165, 1.54) is 0 Å². The molecule has 0 fully saturated rings. The summed E-state index contributed by atoms with van der Waals surface area (Å²) < 4.78 is 6.96. The lowest BCUT2D eigenvalue weighted by molar-refractivity contribution is 0.468. The van der Waals surface area contributed by atoms with Crippen LogP contribution in [0, 0.1) is 0 Å². The van der Waals surface area contributed by atoms with Crippen molar-refractivity contribution in [3.05, 3.63) is 157 Å². The number of benzene rings is 6. The van der Waals surface area contributed by atoms with E-state index >= 15 is 0 Å². The van der Waals surface area contributed by atoms with E-state index in [1.54, 1.807) is 0 Å². The van der Waals surface area contributed by atoms with Gasteiger partial charge in [0.05, 0.1) is 5.39 Å². The summed E-state index contributed by atoms with van der Waals surface area (Å²) in [6.45, 7) is 4.44. The molecular weight excluding hydrogens is 693 g/mol. The van der Waals surface area contributed by atoms with Crippen LogP contribution in [0.5, 0.6) is 11.5 Å². The Hall–Kier alpha value is -7.52. The number of ether oxygens (including phenoxy) is 1. The fraction of sp³-hybridized carbons (Fsp3) is 0.0638. The highest BCUT2D eigenvalue weighted by atomic mass is 16.5. The second kappa shape index (κ2) is 12.3. The van der Waals surface area contributed by atoms with Crippen LogP contribution in [0.2, 0.25) is 0 Å². The maximum Gasteiger partial charge on any atom is 0.164 e. The van der Waals surface area contributed by atoms with E-state index in [2.05, 4.69) is 60.2 Å². The Balaban J connectivity index is 1.31. The molecule has 0 amide bonds. The maximum atomic E-state index is 6.96. The molecule has 0 aliphatic carbocycles. The predicted octanol–water partition coefficient (Wildman–Crippen LogP) is 11.0. The lowest BCUT2D eigenvalue weighted by Gasteiger charge is -2.28. The third-order valence-corrected chi connectivity index (χ3v) is 10.8. The minimum Gasteiger partial charge on any atom is -0.456 e. The fourth-order valence-electron chi connectivity index (χ4n) is 7.92. The normalized spacial score (nSPS) is 12.1. The summed E-state index contributed by atoms with van der Waals surface area (Å²) >= 11 is 0. The molecule has 9 nitrogen and oxygen atoms in total. The van der Waals surface area contributed by atoms with Crippen molar-refractivity contribution in [1.29, 1.82) is 0 Å². The molecule has 9 heteroatoms. The molecule has 3 aromatic heterocycles. The SMILES string of the molecule is CC(C)(c1ccccc1)c1ccc2c3nc4nc(nc5[nH]c(nc6nc(nc([nH]3)c2c1Oc1ccccc1)-c1ccccc1-6)c1ccccc51)-c1ccccc1-4. The van der Waals surface area contributed by atoms with E-state index in [1.807, 2.05) is 109 Å². The topological polar surface area (TPSA) is 118 Å². The average Bonchev–Trinajstić information content (AvgIpc) is 3.97. The number of fused-ring (bicyclic) bond motifs is 20. The largest absolute Gasteiger partial charge is 0.456 e. The molecule has 6 aromatic carbocycles. The van der Waals surface area contributed by atoms with E-state index in [4.69, 9.17) is 34.6 Å². The number of para-hydroxylation sites is 1. The monoisotopic (exact) mass is 724 g/mol. The molecule has 2 aliphatic heterocycles. The van der Waals surface area contributed by atoms with Crippen molar-refractivity contribution >= 4 is 44.1 Å². The zero-order chi connectivity index (χ0) is 37.4. The fourth-order valence-corrected chi connectivity index (χ4v) is 7.92. The van der Waals surface area contributed by atoms with Crippen LogP contribution in [0.15, 0.2) is 146 Å². The second-order valence-electron chi connectivity index (χ2n) is 14.5. The molecule has 266 valence electrons. The van der Waals surface area contributed by atoms with Gasteiger partial charge in [0.25, 0.3) is 0 Å². The predicted molar refractivity (Wildman–Crippen MR) is 221 cm³/mol. The first-order chi connectivity index (χ1) is 27.5. The van der Waals surface area contributed by atoms with Gasteiger partial charge in [-0.15, -0.1) is 0 Å². The van der Waals surface area contributed by atoms with Crippen LogP contribution >= 0.6 is 0 Å². The first kappa shape index (κ1) is 32.0. The minimum absolute atomic E-state index is 0.449. The van der Waals surface area contributed by atoms with Crippen molar-refractivity contribution in [1.82, 2.24) is 39.9 Å². The van der Waals surface area contributed by atoms with Gasteiger partial charge < -0.3 is 14.7 Å². The van der Waals surface area contributed by atoms with E-state index in [0.29, 0.717) is 57.4 Å². The third kappa shape index (κ3) is 5.01. The van der Waals surface area contributed by atoms with Gasteiger partial charge in [0.2, 0.25) is 0 Å². The molecular formula is C47H32N8O. The number of aromatic nitrogens is 8. The summed E-state index contributed by atoms with van der Waals surface area (Å²) in [6, 6.07) is 48.8. The molecule has 5 heterocycles. The van der Waals surface area contributed by atoms with Gasteiger partial charge in [-0.3, -0.25) is 0 Å². The summed E-state index contributed by atoms with van der Waals surface area (Å²) in [4.78, 5) is 38.1. The number of nitrogens with zero attached hydrogens (tertiary/aromatic N) is 6. The van der Waals surface area contributed by atoms with Gasteiger partial charge in [-0.25, -0.2) is 29.9 Å². The Morgan fingerprint density at radius 2 is 0.839 bits per heavy atom. The molecule has 0 saturated carbocycles. The zero-order valence-electron chi connectivity index (χ0n) is 30.4. The van der Waals surface area contributed by atoms with Gasteiger partial charge in [-0.1, -0.05) is 141 Å². The van der Waals surface area contributed by atoms with Gasteiger partial charge in [0.15, 0.2) is 23.3 Å². The molecule has 0 atom stereocenters. The molecule has 2 aliphatic rings. The zero-order valence-corrected chi connectivity index (χ0v) is 30.4. The van der Waals surface area contributed by atoms with Crippen LogP contribution in [-0.4, -0.2) is 39.9 Å². The van der Waals surface area contributed by atoms with Crippen molar-refractivity contribution in [2.75, 3.05) is 0 Å². The lowest BCUT2D eigenvalue weighted by Crippen LogP contribution is -2.19. The van der Waals surface area contributed by atoms with Crippen LogP contribution in [0.1, 0.15) is 25.0 Å². The highest BCUT2D eigenvalue weighted by molar-refractivity contribution is 6.09. The second-order valence-corrected chi connectivity index (χ2v) is 14.5. The number of nitrogens with one attached hydrogen (secondary N) is 2.